The minimum atomic E-state index is -0.622. The molecule has 60 heavy (non-hydrogen) atoms. The van der Waals surface area contributed by atoms with Gasteiger partial charge in [0.15, 0.2) is 0 Å². The molecule has 0 bridgehead atoms. The Morgan fingerprint density at radius 3 is 2.42 bits per heavy atom. The van der Waals surface area contributed by atoms with Crippen LogP contribution in [-0.4, -0.2) is 106 Å². The largest absolute Gasteiger partial charge is 0.492 e. The molecule has 3 aromatic carbocycles. The van der Waals surface area contributed by atoms with Gasteiger partial charge in [-0.05, 0) is 114 Å². The number of aromatic nitrogens is 2. The van der Waals surface area contributed by atoms with Gasteiger partial charge in [0.2, 0.25) is 11.8 Å². The van der Waals surface area contributed by atoms with E-state index in [4.69, 9.17) is 16.3 Å². The number of halogens is 1. The third-order valence-corrected chi connectivity index (χ3v) is 15.7. The highest BCUT2D eigenvalue weighted by Crippen LogP contribution is 2.50. The van der Waals surface area contributed by atoms with Crippen molar-refractivity contribution in [2.24, 2.45) is 5.92 Å². The number of carbonyl (C=O) groups is 3. The number of ether oxygens (including phenoxy) is 1. The Labute approximate surface area is 354 Å². The first-order chi connectivity index (χ1) is 29.0. The topological polar surface area (TPSA) is 120 Å². The maximum absolute atomic E-state index is 13.4. The van der Waals surface area contributed by atoms with Crippen LogP contribution in [0, 0.1) is 5.92 Å². The van der Waals surface area contributed by atoms with E-state index in [0.717, 1.165) is 92.9 Å². The van der Waals surface area contributed by atoms with Crippen molar-refractivity contribution < 1.29 is 19.1 Å². The van der Waals surface area contributed by atoms with E-state index in [2.05, 4.69) is 67.7 Å². The molecule has 4 fully saturated rings. The molecule has 1 spiro atoms. The zero-order valence-electron chi connectivity index (χ0n) is 34.5. The molecule has 1 aromatic heterocycles. The lowest BCUT2D eigenvalue weighted by molar-refractivity contribution is -0.136. The first kappa shape index (κ1) is 38.2. The lowest BCUT2D eigenvalue weighted by Gasteiger charge is -2.44. The Morgan fingerprint density at radius 2 is 1.65 bits per heavy atom. The summed E-state index contributed by atoms with van der Waals surface area (Å²) < 4.78 is 8.58. The Balaban J connectivity index is 0.684. The highest BCUT2D eigenvalue weighted by atomic mass is 35.5. The van der Waals surface area contributed by atoms with Gasteiger partial charge >= 0.3 is 0 Å². The fraction of sp³-hybridized carbons (Fsp3) is 0.511. The summed E-state index contributed by atoms with van der Waals surface area (Å²) in [6, 6.07) is 16.5. The van der Waals surface area contributed by atoms with Gasteiger partial charge in [-0.2, -0.15) is 4.98 Å². The molecular weight excluding hydrogens is 778 g/mol. The quantitative estimate of drug-likeness (QED) is 0.259. The Kier molecular flexibility index (Phi) is 8.99. The number of amides is 3. The van der Waals surface area contributed by atoms with Crippen LogP contribution in [0.2, 0.25) is 5.02 Å². The average Bonchev–Trinajstić information content (AvgIpc) is 3.85. The minimum Gasteiger partial charge on any atom is -0.492 e. The predicted molar refractivity (Wildman–Crippen MR) is 229 cm³/mol. The maximum atomic E-state index is 13.4. The van der Waals surface area contributed by atoms with Crippen LogP contribution in [0.1, 0.15) is 98.1 Å². The third kappa shape index (κ3) is 5.95. The van der Waals surface area contributed by atoms with Gasteiger partial charge in [-0.3, -0.25) is 34.0 Å². The smallest absolute Gasteiger partial charge is 0.282 e. The predicted octanol–water partition coefficient (Wildman–Crippen LogP) is 5.55. The molecule has 7 heterocycles. The Morgan fingerprint density at radius 1 is 0.883 bits per heavy atom. The summed E-state index contributed by atoms with van der Waals surface area (Å²) in [4.78, 5) is 65.0. The van der Waals surface area contributed by atoms with E-state index in [1.54, 1.807) is 11.0 Å². The van der Waals surface area contributed by atoms with Crippen LogP contribution in [0.3, 0.4) is 0 Å². The first-order valence-electron chi connectivity index (χ1n) is 22.0. The molecule has 312 valence electrons. The molecule has 3 amide bonds. The molecule has 4 aromatic rings. The summed E-state index contributed by atoms with van der Waals surface area (Å²) in [6.45, 7) is 12.6. The number of fused-ring (bicyclic) bond motifs is 9. The van der Waals surface area contributed by atoms with Crippen LogP contribution in [0.5, 0.6) is 5.75 Å². The van der Waals surface area contributed by atoms with Crippen molar-refractivity contribution in [3.8, 4) is 11.4 Å². The lowest BCUT2D eigenvalue weighted by Crippen LogP contribution is -2.52. The number of carbonyl (C=O) groups excluding carboxylic acids is 3. The monoisotopic (exact) mass is 829 g/mol. The van der Waals surface area contributed by atoms with Crippen molar-refractivity contribution in [1.82, 2.24) is 29.6 Å². The molecule has 1 unspecified atom stereocenters. The number of nitrogens with zero attached hydrogens (tertiary/aromatic N) is 6. The van der Waals surface area contributed by atoms with Gasteiger partial charge < -0.3 is 19.4 Å². The molecule has 1 atom stereocenters. The number of piperidine rings is 2. The van der Waals surface area contributed by atoms with Crippen molar-refractivity contribution in [2.45, 2.75) is 94.7 Å². The van der Waals surface area contributed by atoms with E-state index in [9.17, 15) is 19.2 Å². The molecule has 1 N–H and O–H groups in total. The number of anilines is 1. The normalized spacial score (nSPS) is 25.9. The summed E-state index contributed by atoms with van der Waals surface area (Å²) in [5.41, 5.74) is 6.32. The van der Waals surface area contributed by atoms with Gasteiger partial charge in [0, 0.05) is 73.0 Å². The van der Waals surface area contributed by atoms with Gasteiger partial charge in [-0.25, -0.2) is 0 Å². The zero-order chi connectivity index (χ0) is 41.1. The maximum Gasteiger partial charge on any atom is 0.282 e. The van der Waals surface area contributed by atoms with E-state index in [1.165, 1.54) is 42.5 Å². The number of hydrogen-bond acceptors (Lipinski definition) is 9. The van der Waals surface area contributed by atoms with E-state index in [0.29, 0.717) is 41.6 Å². The first-order valence-corrected chi connectivity index (χ1v) is 22.4. The molecule has 7 aliphatic rings. The lowest BCUT2D eigenvalue weighted by atomic mass is 9.73. The van der Waals surface area contributed by atoms with Crippen LogP contribution in [0.4, 0.5) is 5.69 Å². The fourth-order valence-corrected chi connectivity index (χ4v) is 12.2. The number of rotatable bonds is 5. The van der Waals surface area contributed by atoms with Crippen LogP contribution >= 0.6 is 11.6 Å². The second-order valence-electron chi connectivity index (χ2n) is 19.0. The number of nitrogens with one attached hydrogen (secondary N) is 1. The fourth-order valence-electron chi connectivity index (χ4n) is 11.9. The van der Waals surface area contributed by atoms with Crippen LogP contribution in [-0.2, 0) is 27.0 Å². The van der Waals surface area contributed by atoms with E-state index in [1.807, 2.05) is 18.2 Å². The molecule has 12 nitrogen and oxygen atoms in total. The average molecular weight is 830 g/mol. The molecule has 1 saturated carbocycles. The summed E-state index contributed by atoms with van der Waals surface area (Å²) in [5.74, 6) is 1.53. The Bertz CT molecular complexity index is 2530. The number of hydrogen-bond donors (Lipinski definition) is 1. The second-order valence-corrected chi connectivity index (χ2v) is 19.4. The van der Waals surface area contributed by atoms with E-state index >= 15 is 0 Å². The van der Waals surface area contributed by atoms with Crippen LogP contribution in [0.25, 0.3) is 16.6 Å². The summed E-state index contributed by atoms with van der Waals surface area (Å²) in [6.07, 6.45) is 7.75. The number of benzene rings is 3. The SMILES string of the molecule is CC1(C)c2ccc(N3CCN(C4CCC(CN5CCC6(CC5)COc5c6ccc6c5CN(C5CCC(=O)NC5=O)C6=O)CC4)CC3)cc2-n2c1nc(=O)c1c(Cl)cccc12. The molecule has 1 aliphatic carbocycles. The molecular formula is C47H52ClN7O5. The van der Waals surface area contributed by atoms with Gasteiger partial charge in [0.05, 0.1) is 40.2 Å². The van der Waals surface area contributed by atoms with Crippen molar-refractivity contribution >= 4 is 45.9 Å². The number of imide groups is 1. The van der Waals surface area contributed by atoms with Gasteiger partial charge in [-0.15, -0.1) is 0 Å². The van der Waals surface area contributed by atoms with Gasteiger partial charge in [0.25, 0.3) is 11.5 Å². The molecule has 13 heteroatoms. The summed E-state index contributed by atoms with van der Waals surface area (Å²) in [5, 5.41) is 3.31. The Hall–Kier alpha value is -4.78. The van der Waals surface area contributed by atoms with Crippen molar-refractivity contribution in [2.75, 3.05) is 57.3 Å². The standard InChI is InChI=1S/C47H52ClN7O5/c1-46(2)33-12-10-30(24-38(33)55-36-5-3-4-35(48)40(36)43(58)50-45(46)55)53-22-20-52(21-23-53)29-8-6-28(7-9-29)25-51-18-16-47(17-19-51)27-60-41-32-26-54(37-14-15-39(56)49-42(37)57)44(59)31(32)11-13-34(41)47/h3-5,10-13,24,28-29,37H,6-9,14-23,25-27H2,1-2H3,(H,49,56,57). The molecule has 0 radical (unpaired) electrons. The van der Waals surface area contributed by atoms with Crippen LogP contribution < -0.4 is 20.5 Å². The summed E-state index contributed by atoms with van der Waals surface area (Å²) in [7, 11) is 0. The third-order valence-electron chi connectivity index (χ3n) is 15.4. The second kappa shape index (κ2) is 14.1. The molecule has 3 saturated heterocycles. The highest BCUT2D eigenvalue weighted by molar-refractivity contribution is 6.35. The van der Waals surface area contributed by atoms with E-state index in [-0.39, 0.29) is 35.1 Å². The molecule has 11 rings (SSSR count). The van der Waals surface area contributed by atoms with Gasteiger partial charge in [0.1, 0.15) is 17.6 Å². The van der Waals surface area contributed by atoms with Crippen molar-refractivity contribution in [3.63, 3.8) is 0 Å². The molecule has 6 aliphatic heterocycles. The zero-order valence-corrected chi connectivity index (χ0v) is 35.2. The van der Waals surface area contributed by atoms with E-state index < -0.39 is 11.5 Å². The minimum absolute atomic E-state index is 0.0347. The van der Waals surface area contributed by atoms with Crippen molar-refractivity contribution in [1.29, 1.82) is 0 Å². The van der Waals surface area contributed by atoms with Crippen molar-refractivity contribution in [3.05, 3.63) is 92.0 Å². The van der Waals surface area contributed by atoms with Gasteiger partial charge in [-0.1, -0.05) is 29.8 Å². The number of likely N-dealkylation sites (tertiary alicyclic amines) is 1. The van der Waals surface area contributed by atoms with Crippen LogP contribution in [0.15, 0.2) is 53.3 Å². The summed E-state index contributed by atoms with van der Waals surface area (Å²) >= 11 is 6.53. The number of piperazine rings is 1. The highest BCUT2D eigenvalue weighted by Gasteiger charge is 2.48.